The molecule has 0 saturated heterocycles. The zero-order valence-corrected chi connectivity index (χ0v) is 18.6. The Morgan fingerprint density at radius 2 is 1.88 bits per heavy atom. The maximum atomic E-state index is 13.9. The van der Waals surface area contributed by atoms with Crippen molar-refractivity contribution in [2.45, 2.75) is 12.5 Å². The summed E-state index contributed by atoms with van der Waals surface area (Å²) in [7, 11) is 1.62. The molecule has 1 atom stereocenters. The third-order valence-corrected chi connectivity index (χ3v) is 6.98. The van der Waals surface area contributed by atoms with Gasteiger partial charge in [-0.05, 0) is 35.9 Å². The van der Waals surface area contributed by atoms with Crippen molar-refractivity contribution in [3.8, 4) is 23.0 Å². The lowest BCUT2D eigenvalue weighted by Gasteiger charge is -2.22. The quantitative estimate of drug-likeness (QED) is 0.484. The number of fused-ring (bicyclic) bond motifs is 4. The van der Waals surface area contributed by atoms with Gasteiger partial charge in [0.25, 0.3) is 0 Å². The average Bonchev–Trinajstić information content (AvgIpc) is 3.42. The van der Waals surface area contributed by atoms with Crippen LogP contribution in [0.4, 0.5) is 5.69 Å². The molecule has 1 amide bonds. The van der Waals surface area contributed by atoms with Gasteiger partial charge in [-0.15, -0.1) is 11.3 Å². The number of aromatic hydroxyl groups is 1. The number of amides is 1. The standard InChI is InChI=1S/C25H20N2O5S/c1-30-15-4-2-14(3-5-15)12-27-18-7-6-17-24(33-13-26-17)23(18)22(25(27)29)16-10-20-21(11-19(16)28)32-9-8-31-20/h2-7,10-11,13,22,28H,8-9,12H2,1H3. The molecule has 2 aliphatic rings. The first-order chi connectivity index (χ1) is 16.1. The molecule has 33 heavy (non-hydrogen) atoms. The summed E-state index contributed by atoms with van der Waals surface area (Å²) in [5.74, 6) is 1.02. The maximum Gasteiger partial charge on any atom is 0.239 e. The average molecular weight is 461 g/mol. The molecule has 6 rings (SSSR count). The van der Waals surface area contributed by atoms with Crippen LogP contribution in [0.2, 0.25) is 0 Å². The summed E-state index contributed by atoms with van der Waals surface area (Å²) < 4.78 is 17.5. The second kappa shape index (κ2) is 7.67. The van der Waals surface area contributed by atoms with Crippen LogP contribution < -0.4 is 19.1 Å². The molecule has 1 N–H and O–H groups in total. The minimum absolute atomic E-state index is 0.0105. The van der Waals surface area contributed by atoms with Crippen LogP contribution in [0.15, 0.2) is 54.0 Å². The fraction of sp³-hybridized carbons (Fsp3) is 0.200. The molecule has 0 saturated carbocycles. The van der Waals surface area contributed by atoms with Crippen LogP contribution >= 0.6 is 11.3 Å². The molecular formula is C25H20N2O5S. The molecule has 8 heteroatoms. The van der Waals surface area contributed by atoms with Gasteiger partial charge in [0.15, 0.2) is 11.5 Å². The number of nitrogens with zero attached hydrogens (tertiary/aromatic N) is 2. The van der Waals surface area contributed by atoms with Crippen LogP contribution in [-0.4, -0.2) is 36.3 Å². The summed E-state index contributed by atoms with van der Waals surface area (Å²) in [6.45, 7) is 1.26. The van der Waals surface area contributed by atoms with E-state index in [0.29, 0.717) is 36.8 Å². The predicted molar refractivity (Wildman–Crippen MR) is 125 cm³/mol. The Kier molecular flexibility index (Phi) is 4.62. The summed E-state index contributed by atoms with van der Waals surface area (Å²) in [6.07, 6.45) is 0. The Morgan fingerprint density at radius 3 is 2.64 bits per heavy atom. The van der Waals surface area contributed by atoms with E-state index in [1.807, 2.05) is 36.4 Å². The summed E-state index contributed by atoms with van der Waals surface area (Å²) in [5, 5.41) is 10.9. The van der Waals surface area contributed by atoms with E-state index in [9.17, 15) is 9.90 Å². The van der Waals surface area contributed by atoms with Gasteiger partial charge in [0.2, 0.25) is 5.91 Å². The molecule has 0 fully saturated rings. The van der Waals surface area contributed by atoms with Gasteiger partial charge in [-0.1, -0.05) is 12.1 Å². The molecule has 3 aromatic carbocycles. The van der Waals surface area contributed by atoms with Crippen molar-refractivity contribution in [3.63, 3.8) is 0 Å². The van der Waals surface area contributed by atoms with Crippen LogP contribution in [0.5, 0.6) is 23.0 Å². The zero-order valence-electron chi connectivity index (χ0n) is 17.8. The van der Waals surface area contributed by atoms with Gasteiger partial charge in [-0.25, -0.2) is 4.98 Å². The minimum Gasteiger partial charge on any atom is -0.507 e. The number of phenols is 1. The highest BCUT2D eigenvalue weighted by atomic mass is 32.1. The summed E-state index contributed by atoms with van der Waals surface area (Å²) in [5.41, 5.74) is 5.78. The topological polar surface area (TPSA) is 81.1 Å². The van der Waals surface area contributed by atoms with Gasteiger partial charge in [0.05, 0.1) is 35.3 Å². The van der Waals surface area contributed by atoms with Crippen LogP contribution in [0.3, 0.4) is 0 Å². The third-order valence-electron chi connectivity index (χ3n) is 6.11. The van der Waals surface area contributed by atoms with Crippen LogP contribution in [0.1, 0.15) is 22.6 Å². The summed E-state index contributed by atoms with van der Waals surface area (Å²) in [4.78, 5) is 20.1. The Bertz CT molecular complexity index is 1380. The molecule has 1 aromatic heterocycles. The highest BCUT2D eigenvalue weighted by molar-refractivity contribution is 7.17. The number of rotatable bonds is 4. The lowest BCUT2D eigenvalue weighted by atomic mass is 9.91. The number of methoxy groups -OCH3 is 1. The van der Waals surface area contributed by atoms with E-state index in [4.69, 9.17) is 14.2 Å². The van der Waals surface area contributed by atoms with Crippen molar-refractivity contribution in [1.29, 1.82) is 0 Å². The highest BCUT2D eigenvalue weighted by Gasteiger charge is 2.42. The number of phenolic OH excluding ortho intramolecular Hbond substituents is 1. The van der Waals surface area contributed by atoms with Crippen LogP contribution in [0, 0.1) is 0 Å². The van der Waals surface area contributed by atoms with Gasteiger partial charge in [0.1, 0.15) is 24.7 Å². The van der Waals surface area contributed by atoms with Crippen LogP contribution in [0.25, 0.3) is 10.2 Å². The number of aromatic nitrogens is 1. The maximum absolute atomic E-state index is 13.9. The minimum atomic E-state index is -0.668. The van der Waals surface area contributed by atoms with Gasteiger partial charge >= 0.3 is 0 Å². The molecule has 0 aliphatic carbocycles. The molecule has 0 bridgehead atoms. The van der Waals surface area contributed by atoms with Crippen molar-refractivity contribution < 1.29 is 24.1 Å². The van der Waals surface area contributed by atoms with E-state index in [1.165, 1.54) is 17.4 Å². The lowest BCUT2D eigenvalue weighted by molar-refractivity contribution is -0.118. The number of anilines is 1. The Hall–Kier alpha value is -3.78. The first-order valence-corrected chi connectivity index (χ1v) is 11.4. The number of ether oxygens (including phenoxy) is 3. The molecule has 3 heterocycles. The molecule has 1 unspecified atom stereocenters. The number of thiazole rings is 1. The molecule has 0 spiro atoms. The molecule has 0 radical (unpaired) electrons. The first-order valence-electron chi connectivity index (χ1n) is 10.6. The van der Waals surface area contributed by atoms with E-state index < -0.39 is 5.92 Å². The largest absolute Gasteiger partial charge is 0.507 e. The summed E-state index contributed by atoms with van der Waals surface area (Å²) >= 11 is 1.50. The Labute approximate surface area is 193 Å². The monoisotopic (exact) mass is 460 g/mol. The number of hydrogen-bond donors (Lipinski definition) is 1. The van der Waals surface area contributed by atoms with Gasteiger partial charge in [-0.2, -0.15) is 0 Å². The molecular weight excluding hydrogens is 440 g/mol. The molecule has 166 valence electrons. The molecule has 7 nitrogen and oxygen atoms in total. The van der Waals surface area contributed by atoms with Crippen molar-refractivity contribution in [3.05, 3.63) is 70.7 Å². The summed E-state index contributed by atoms with van der Waals surface area (Å²) in [6, 6.07) is 14.8. The highest BCUT2D eigenvalue weighted by Crippen LogP contribution is 2.50. The van der Waals surface area contributed by atoms with Gasteiger partial charge in [-0.3, -0.25) is 4.79 Å². The number of benzene rings is 3. The van der Waals surface area contributed by atoms with Crippen molar-refractivity contribution in [1.82, 2.24) is 4.98 Å². The fourth-order valence-corrected chi connectivity index (χ4v) is 5.40. The Morgan fingerprint density at radius 1 is 1.12 bits per heavy atom. The van der Waals surface area contributed by atoms with Crippen molar-refractivity contribution in [2.75, 3.05) is 25.2 Å². The van der Waals surface area contributed by atoms with E-state index in [-0.39, 0.29) is 11.7 Å². The lowest BCUT2D eigenvalue weighted by Crippen LogP contribution is -2.28. The smallest absolute Gasteiger partial charge is 0.239 e. The SMILES string of the molecule is COc1ccc(CN2C(=O)C(c3cc4c(cc3O)OCCO4)c3c2ccc2ncsc32)cc1. The van der Waals surface area contributed by atoms with E-state index in [0.717, 1.165) is 32.8 Å². The van der Waals surface area contributed by atoms with Gasteiger partial charge in [0, 0.05) is 22.9 Å². The molecule has 2 aliphatic heterocycles. The number of hydrogen-bond acceptors (Lipinski definition) is 7. The second-order valence-electron chi connectivity index (χ2n) is 7.96. The van der Waals surface area contributed by atoms with Gasteiger partial charge < -0.3 is 24.2 Å². The third kappa shape index (κ3) is 3.17. The fourth-order valence-electron chi connectivity index (χ4n) is 4.54. The van der Waals surface area contributed by atoms with E-state index >= 15 is 0 Å². The Balaban J connectivity index is 1.49. The van der Waals surface area contributed by atoms with E-state index in [2.05, 4.69) is 4.98 Å². The second-order valence-corrected chi connectivity index (χ2v) is 8.81. The normalized spacial score (nSPS) is 16.8. The van der Waals surface area contributed by atoms with Crippen molar-refractivity contribution >= 4 is 33.1 Å². The van der Waals surface area contributed by atoms with E-state index in [1.54, 1.807) is 23.6 Å². The number of carbonyl (C=O) groups excluding carboxylic acids is 1. The molecule has 4 aromatic rings. The first kappa shape index (κ1) is 19.9. The number of carbonyl (C=O) groups is 1. The van der Waals surface area contributed by atoms with Crippen molar-refractivity contribution in [2.24, 2.45) is 0 Å². The van der Waals surface area contributed by atoms with Crippen LogP contribution in [-0.2, 0) is 11.3 Å². The predicted octanol–water partition coefficient (Wildman–Crippen LogP) is 4.46. The zero-order chi connectivity index (χ0) is 22.5.